The second-order valence-corrected chi connectivity index (χ2v) is 13.1. The van der Waals surface area contributed by atoms with E-state index in [0.717, 1.165) is 16.0 Å². The van der Waals surface area contributed by atoms with Crippen molar-refractivity contribution in [1.29, 1.82) is 0 Å². The largest absolute Gasteiger partial charge is 0.445 e. The van der Waals surface area contributed by atoms with Gasteiger partial charge in [0, 0.05) is 22.3 Å². The monoisotopic (exact) mass is 727 g/mol. The van der Waals surface area contributed by atoms with Gasteiger partial charge in [0.1, 0.15) is 0 Å². The Hall–Kier alpha value is -7.26. The third kappa shape index (κ3) is 7.36. The van der Waals surface area contributed by atoms with E-state index in [2.05, 4.69) is 0 Å². The normalized spacial score (nSPS) is 13.1. The number of fused-ring (bicyclic) bond motifs is 1. The molecule has 6 aromatic carbocycles. The number of aryl methyl sites for hydroxylation is 2. The first kappa shape index (κ1) is 36.1. The highest BCUT2D eigenvalue weighted by molar-refractivity contribution is 6.35. The van der Waals surface area contributed by atoms with Crippen molar-refractivity contribution in [2.24, 2.45) is 0 Å². The smallest absolute Gasteiger partial charge is 0.341 e. The first-order valence-electron chi connectivity index (χ1n) is 17.5. The number of esters is 2. The Balaban J connectivity index is 1.16. The number of ether oxygens (including phenoxy) is 2. The fourth-order valence-corrected chi connectivity index (χ4v) is 6.31. The molecular weight excluding hydrogens is 695 g/mol. The number of benzene rings is 6. The maximum atomic E-state index is 14.0. The molecule has 1 aliphatic rings. The highest BCUT2D eigenvalue weighted by Crippen LogP contribution is 2.34. The Morgan fingerprint density at radius 2 is 0.909 bits per heavy atom. The number of nitrogens with zero attached hydrogens (tertiary/aromatic N) is 1. The fraction of sp³-hybridized carbons (Fsp3) is 0.0870. The molecule has 0 aromatic heterocycles. The van der Waals surface area contributed by atoms with E-state index in [4.69, 9.17) is 9.47 Å². The highest BCUT2D eigenvalue weighted by Gasteiger charge is 2.40. The van der Waals surface area contributed by atoms with Crippen LogP contribution in [0.25, 0.3) is 0 Å². The molecule has 0 N–H and O–H groups in total. The Bertz CT molecular complexity index is 2460. The van der Waals surface area contributed by atoms with Crippen LogP contribution >= 0.6 is 0 Å². The lowest BCUT2D eigenvalue weighted by Gasteiger charge is -2.21. The van der Waals surface area contributed by atoms with E-state index in [1.54, 1.807) is 121 Å². The second kappa shape index (κ2) is 15.4. The van der Waals surface area contributed by atoms with Crippen LogP contribution in [-0.2, 0) is 9.47 Å². The Morgan fingerprint density at radius 3 is 1.44 bits per heavy atom. The quantitative estimate of drug-likeness (QED) is 0.0738. The Labute approximate surface area is 316 Å². The zero-order chi connectivity index (χ0) is 38.6. The van der Waals surface area contributed by atoms with E-state index >= 15 is 0 Å². The van der Waals surface area contributed by atoms with E-state index in [1.165, 1.54) is 30.3 Å². The van der Waals surface area contributed by atoms with E-state index < -0.39 is 47.5 Å². The standard InChI is InChI=1S/C46H33NO8/c1-28-17-21-30(22-18-28)39(48)41(32-11-5-3-6-12-32)54-45(52)34-25-26-35-37(27-34)44(51)47(43(35)50)38-16-10-9-15-36(38)46(53)55-42(33-13-7-4-8-14-33)40(49)31-23-19-29(2)20-24-31/h3-27,41-42H,1-2H3/t41-,42+/m0/s1. The SMILES string of the molecule is Cc1ccc(C(=O)[C@@H](OC(=O)c2ccc3c(c2)C(=O)N(c2ccccc2C(=O)O[C@@H](C(=O)c2ccc(C)cc2)c2ccccc2)C3=O)c2ccccc2)cc1. The number of rotatable bonds is 11. The number of amides is 2. The number of para-hydroxylation sites is 1. The van der Waals surface area contributed by atoms with Crippen LogP contribution in [0.2, 0.25) is 0 Å². The van der Waals surface area contributed by atoms with E-state index in [-0.39, 0.29) is 27.9 Å². The summed E-state index contributed by atoms with van der Waals surface area (Å²) in [5, 5.41) is 0. The molecule has 0 saturated heterocycles. The Kier molecular flexibility index (Phi) is 10.1. The molecule has 0 radical (unpaired) electrons. The van der Waals surface area contributed by atoms with Gasteiger partial charge in [-0.25, -0.2) is 14.5 Å². The lowest BCUT2D eigenvalue weighted by Crippen LogP contribution is -2.31. The molecule has 0 saturated carbocycles. The van der Waals surface area contributed by atoms with Gasteiger partial charge in [0.05, 0.1) is 27.9 Å². The van der Waals surface area contributed by atoms with Gasteiger partial charge >= 0.3 is 11.9 Å². The molecule has 6 aromatic rings. The molecule has 1 aliphatic heterocycles. The van der Waals surface area contributed by atoms with Gasteiger partial charge in [-0.05, 0) is 44.2 Å². The molecular formula is C46H33NO8. The fourth-order valence-electron chi connectivity index (χ4n) is 6.31. The second-order valence-electron chi connectivity index (χ2n) is 13.1. The molecule has 0 bridgehead atoms. The van der Waals surface area contributed by atoms with E-state index in [0.29, 0.717) is 22.3 Å². The van der Waals surface area contributed by atoms with Crippen molar-refractivity contribution in [2.75, 3.05) is 4.90 Å². The number of carbonyl (C=O) groups excluding carboxylic acids is 6. The van der Waals surface area contributed by atoms with Crippen molar-refractivity contribution in [1.82, 2.24) is 0 Å². The van der Waals surface area contributed by atoms with Gasteiger partial charge < -0.3 is 9.47 Å². The van der Waals surface area contributed by atoms with Crippen LogP contribution in [0.1, 0.15) is 96.6 Å². The minimum atomic E-state index is -1.32. The summed E-state index contributed by atoms with van der Waals surface area (Å²) in [6, 6.07) is 40.7. The summed E-state index contributed by atoms with van der Waals surface area (Å²) in [5.41, 5.74) is 3.14. The predicted octanol–water partition coefficient (Wildman–Crippen LogP) is 8.67. The minimum Gasteiger partial charge on any atom is -0.445 e. The maximum absolute atomic E-state index is 14.0. The van der Waals surface area contributed by atoms with Crippen molar-refractivity contribution < 1.29 is 38.2 Å². The summed E-state index contributed by atoms with van der Waals surface area (Å²) in [4.78, 5) is 83.5. The molecule has 0 spiro atoms. The summed E-state index contributed by atoms with van der Waals surface area (Å²) in [6.07, 6.45) is -2.60. The number of ketones is 2. The van der Waals surface area contributed by atoms with Crippen molar-refractivity contribution in [3.05, 3.63) is 207 Å². The summed E-state index contributed by atoms with van der Waals surface area (Å²) in [7, 11) is 0. The van der Waals surface area contributed by atoms with Gasteiger partial charge in [-0.3, -0.25) is 19.2 Å². The van der Waals surface area contributed by atoms with Crippen LogP contribution < -0.4 is 4.90 Å². The zero-order valence-electron chi connectivity index (χ0n) is 29.8. The molecule has 9 nitrogen and oxygen atoms in total. The maximum Gasteiger partial charge on any atom is 0.341 e. The van der Waals surface area contributed by atoms with Crippen molar-refractivity contribution in [2.45, 2.75) is 26.1 Å². The number of anilines is 1. The molecule has 7 rings (SSSR count). The molecule has 2 atom stereocenters. The van der Waals surface area contributed by atoms with E-state index in [1.807, 2.05) is 13.8 Å². The number of hydrogen-bond acceptors (Lipinski definition) is 8. The van der Waals surface area contributed by atoms with Crippen LogP contribution in [0.15, 0.2) is 152 Å². The summed E-state index contributed by atoms with van der Waals surface area (Å²) in [6.45, 7) is 3.79. The molecule has 0 fully saturated rings. The van der Waals surface area contributed by atoms with Crippen molar-refractivity contribution >= 4 is 41.0 Å². The van der Waals surface area contributed by atoms with Gasteiger partial charge in [-0.15, -0.1) is 0 Å². The summed E-state index contributed by atoms with van der Waals surface area (Å²) in [5.74, 6) is -4.22. The molecule has 2 amide bonds. The zero-order valence-corrected chi connectivity index (χ0v) is 29.8. The number of hydrogen-bond donors (Lipinski definition) is 0. The summed E-state index contributed by atoms with van der Waals surface area (Å²) >= 11 is 0. The van der Waals surface area contributed by atoms with Gasteiger partial charge in [0.2, 0.25) is 11.6 Å². The summed E-state index contributed by atoms with van der Waals surface area (Å²) < 4.78 is 11.7. The third-order valence-corrected chi connectivity index (χ3v) is 9.29. The Morgan fingerprint density at radius 1 is 0.473 bits per heavy atom. The van der Waals surface area contributed by atoms with Crippen LogP contribution in [0.5, 0.6) is 0 Å². The minimum absolute atomic E-state index is 0.00299. The predicted molar refractivity (Wildman–Crippen MR) is 204 cm³/mol. The van der Waals surface area contributed by atoms with Crippen molar-refractivity contribution in [3.63, 3.8) is 0 Å². The van der Waals surface area contributed by atoms with Crippen LogP contribution in [0.3, 0.4) is 0 Å². The molecule has 0 unspecified atom stereocenters. The topological polar surface area (TPSA) is 124 Å². The van der Waals surface area contributed by atoms with Crippen LogP contribution in [-0.4, -0.2) is 35.3 Å². The first-order chi connectivity index (χ1) is 26.6. The average molecular weight is 728 g/mol. The van der Waals surface area contributed by atoms with Gasteiger partial charge in [0.15, 0.2) is 12.2 Å². The van der Waals surface area contributed by atoms with E-state index in [9.17, 15) is 28.8 Å². The van der Waals surface area contributed by atoms with Gasteiger partial charge in [-0.1, -0.05) is 132 Å². The average Bonchev–Trinajstić information content (AvgIpc) is 3.47. The van der Waals surface area contributed by atoms with Gasteiger partial charge in [-0.2, -0.15) is 0 Å². The number of carbonyl (C=O) groups is 6. The first-order valence-corrected chi connectivity index (χ1v) is 17.5. The van der Waals surface area contributed by atoms with Crippen LogP contribution in [0, 0.1) is 13.8 Å². The molecule has 0 aliphatic carbocycles. The highest BCUT2D eigenvalue weighted by atomic mass is 16.6. The van der Waals surface area contributed by atoms with Crippen LogP contribution in [0.4, 0.5) is 5.69 Å². The molecule has 270 valence electrons. The lowest BCUT2D eigenvalue weighted by atomic mass is 9.99. The molecule has 55 heavy (non-hydrogen) atoms. The lowest BCUT2D eigenvalue weighted by molar-refractivity contribution is 0.0278. The number of Topliss-reactive ketones (excluding diaryl/α,β-unsaturated/α-hetero) is 2. The third-order valence-electron chi connectivity index (χ3n) is 9.29. The molecule has 1 heterocycles. The number of imide groups is 1. The molecule has 9 heteroatoms. The van der Waals surface area contributed by atoms with Crippen molar-refractivity contribution in [3.8, 4) is 0 Å². The van der Waals surface area contributed by atoms with Gasteiger partial charge in [0.25, 0.3) is 11.8 Å².